The maximum atomic E-state index is 2.51. The first kappa shape index (κ1) is 33.0. The quantitative estimate of drug-likeness (QED) is 0.151. The summed E-state index contributed by atoms with van der Waals surface area (Å²) in [5, 5.41) is 0. The molecule has 9 aromatic carbocycles. The van der Waals surface area contributed by atoms with Crippen molar-refractivity contribution in [2.45, 2.75) is 0 Å². The zero-order valence-electron chi connectivity index (χ0n) is 31.3. The summed E-state index contributed by atoms with van der Waals surface area (Å²) in [5.41, 5.74) is 20.9. The van der Waals surface area contributed by atoms with Crippen LogP contribution in [-0.2, 0) is 0 Å². The van der Waals surface area contributed by atoms with Crippen molar-refractivity contribution in [2.24, 2.45) is 0 Å². The highest BCUT2D eigenvalue weighted by Crippen LogP contribution is 2.44. The average molecular weight is 725 g/mol. The first-order valence-electron chi connectivity index (χ1n) is 19.7. The van der Waals surface area contributed by atoms with Crippen LogP contribution in [0.1, 0.15) is 0 Å². The summed E-state index contributed by atoms with van der Waals surface area (Å²) in [6.07, 6.45) is 0. The van der Waals surface area contributed by atoms with Crippen molar-refractivity contribution in [3.05, 3.63) is 224 Å². The van der Waals surface area contributed by atoms with Gasteiger partial charge in [0.1, 0.15) is 0 Å². The van der Waals surface area contributed by atoms with Crippen LogP contribution in [0.3, 0.4) is 0 Å². The van der Waals surface area contributed by atoms with Crippen LogP contribution in [0, 0.1) is 0 Å². The lowest BCUT2D eigenvalue weighted by Gasteiger charge is -2.36. The molecule has 0 atom stereocenters. The molecule has 0 bridgehead atoms. The molecule has 0 N–H and O–H groups in total. The number of nitrogens with zero attached hydrogens (tertiary/aromatic N) is 2. The Bertz CT molecular complexity index is 2850. The first-order valence-corrected chi connectivity index (χ1v) is 19.7. The number of anilines is 6. The van der Waals surface area contributed by atoms with Crippen LogP contribution in [0.4, 0.5) is 34.1 Å². The number of hydrogen-bond donors (Lipinski definition) is 0. The maximum absolute atomic E-state index is 2.51. The second-order valence-corrected chi connectivity index (χ2v) is 14.9. The van der Waals surface area contributed by atoms with Crippen LogP contribution >= 0.6 is 0 Å². The maximum Gasteiger partial charge on any atom is 0.248 e. The van der Waals surface area contributed by atoms with Crippen LogP contribution < -0.4 is 26.2 Å². The summed E-state index contributed by atoms with van der Waals surface area (Å²) < 4.78 is 0. The summed E-state index contributed by atoms with van der Waals surface area (Å²) in [6, 6.07) is 81.8. The van der Waals surface area contributed by atoms with Crippen molar-refractivity contribution in [3.63, 3.8) is 0 Å². The number of hydrogen-bond acceptors (Lipinski definition) is 2. The Morgan fingerprint density at radius 3 is 1.49 bits per heavy atom. The fraction of sp³-hybridized carbons (Fsp3) is 0. The fourth-order valence-corrected chi connectivity index (χ4v) is 9.04. The summed E-state index contributed by atoms with van der Waals surface area (Å²) in [4.78, 5) is 4.87. The molecular weight excluding hydrogens is 687 g/mol. The topological polar surface area (TPSA) is 6.48 Å². The molecule has 0 spiro atoms. The molecule has 2 aliphatic rings. The van der Waals surface area contributed by atoms with Crippen LogP contribution in [0.25, 0.3) is 44.5 Å². The number of rotatable bonds is 7. The van der Waals surface area contributed by atoms with Gasteiger partial charge in [-0.25, -0.2) is 0 Å². The molecule has 0 saturated carbocycles. The average Bonchev–Trinajstić information content (AvgIpc) is 3.62. The van der Waals surface area contributed by atoms with E-state index in [1.165, 1.54) is 72.3 Å². The van der Waals surface area contributed by atoms with E-state index in [0.717, 1.165) is 22.7 Å². The van der Waals surface area contributed by atoms with Crippen molar-refractivity contribution in [3.8, 4) is 44.5 Å². The van der Waals surface area contributed by atoms with Gasteiger partial charge >= 0.3 is 0 Å². The molecule has 0 fully saturated rings. The smallest absolute Gasteiger partial charge is 0.248 e. The Kier molecular flexibility index (Phi) is 7.96. The van der Waals surface area contributed by atoms with Crippen LogP contribution in [-0.4, -0.2) is 6.71 Å². The Hall–Kier alpha value is -7.36. The third kappa shape index (κ3) is 5.67. The molecule has 2 heterocycles. The van der Waals surface area contributed by atoms with Crippen molar-refractivity contribution in [2.75, 3.05) is 9.80 Å². The molecule has 2 nitrogen and oxygen atoms in total. The molecule has 0 aliphatic carbocycles. The Labute approximate surface area is 334 Å². The third-order valence-electron chi connectivity index (χ3n) is 11.7. The number of para-hydroxylation sites is 2. The molecule has 57 heavy (non-hydrogen) atoms. The molecule has 2 aliphatic heterocycles. The second-order valence-electron chi connectivity index (χ2n) is 14.9. The third-order valence-corrected chi connectivity index (χ3v) is 11.7. The normalized spacial score (nSPS) is 12.1. The number of fused-ring (bicyclic) bond motifs is 5. The molecule has 266 valence electrons. The fourth-order valence-electron chi connectivity index (χ4n) is 9.04. The van der Waals surface area contributed by atoms with Crippen LogP contribution in [0.5, 0.6) is 0 Å². The van der Waals surface area contributed by atoms with Crippen molar-refractivity contribution < 1.29 is 0 Å². The monoisotopic (exact) mass is 724 g/mol. The zero-order chi connectivity index (χ0) is 37.7. The predicted octanol–water partition coefficient (Wildman–Crippen LogP) is 12.4. The van der Waals surface area contributed by atoms with Crippen molar-refractivity contribution in [1.29, 1.82) is 0 Å². The van der Waals surface area contributed by atoms with E-state index in [-0.39, 0.29) is 6.71 Å². The van der Waals surface area contributed by atoms with Gasteiger partial charge in [-0.3, -0.25) is 0 Å². The van der Waals surface area contributed by atoms with Gasteiger partial charge in [-0.1, -0.05) is 169 Å². The van der Waals surface area contributed by atoms with E-state index in [0.29, 0.717) is 0 Å². The van der Waals surface area contributed by atoms with Gasteiger partial charge < -0.3 is 9.80 Å². The molecule has 0 aromatic heterocycles. The molecule has 0 unspecified atom stereocenters. The molecular formula is C54H37BN2. The lowest BCUT2D eigenvalue weighted by molar-refractivity contribution is 1.29. The number of benzene rings is 9. The minimum Gasteiger partial charge on any atom is -0.311 e. The Morgan fingerprint density at radius 1 is 0.316 bits per heavy atom. The van der Waals surface area contributed by atoms with E-state index < -0.39 is 0 Å². The van der Waals surface area contributed by atoms with Gasteiger partial charge in [0.25, 0.3) is 0 Å². The first-order chi connectivity index (χ1) is 28.3. The molecule has 11 rings (SSSR count). The highest BCUT2D eigenvalue weighted by molar-refractivity contribution is 7.01. The van der Waals surface area contributed by atoms with Gasteiger partial charge in [0.2, 0.25) is 6.71 Å². The van der Waals surface area contributed by atoms with Gasteiger partial charge in [-0.05, 0) is 116 Å². The minimum atomic E-state index is 0.111. The molecule has 0 amide bonds. The van der Waals surface area contributed by atoms with E-state index in [1.54, 1.807) is 0 Å². The Balaban J connectivity index is 1.09. The minimum absolute atomic E-state index is 0.111. The summed E-state index contributed by atoms with van der Waals surface area (Å²) >= 11 is 0. The van der Waals surface area contributed by atoms with E-state index in [1.807, 2.05) is 0 Å². The predicted molar refractivity (Wildman–Crippen MR) is 242 cm³/mol. The molecule has 0 saturated heterocycles. The highest BCUT2D eigenvalue weighted by Gasteiger charge is 2.42. The van der Waals surface area contributed by atoms with Crippen LogP contribution in [0.15, 0.2) is 224 Å². The summed E-state index contributed by atoms with van der Waals surface area (Å²) in [7, 11) is 0. The summed E-state index contributed by atoms with van der Waals surface area (Å²) in [5.74, 6) is 0. The van der Waals surface area contributed by atoms with Crippen molar-refractivity contribution in [1.82, 2.24) is 0 Å². The van der Waals surface area contributed by atoms with E-state index in [2.05, 4.69) is 234 Å². The zero-order valence-corrected chi connectivity index (χ0v) is 31.3. The second kappa shape index (κ2) is 13.7. The SMILES string of the molecule is c1ccc(-c2ccc(-c3ccc4c(c3)N(c3cccc(-c5ccccc5)c3)c3cccc5c3B4c3ccc(N(c4ccccc4)c4ccccc4)cc3-5)cc2)cc1. The highest BCUT2D eigenvalue weighted by atomic mass is 15.2. The summed E-state index contributed by atoms with van der Waals surface area (Å²) in [6.45, 7) is 0.111. The van der Waals surface area contributed by atoms with Gasteiger partial charge in [-0.15, -0.1) is 0 Å². The van der Waals surface area contributed by atoms with Gasteiger partial charge in [-0.2, -0.15) is 0 Å². The Morgan fingerprint density at radius 2 is 0.825 bits per heavy atom. The van der Waals surface area contributed by atoms with Gasteiger partial charge in [0.15, 0.2) is 0 Å². The van der Waals surface area contributed by atoms with Crippen LogP contribution in [0.2, 0.25) is 0 Å². The lowest BCUT2D eigenvalue weighted by Crippen LogP contribution is -2.54. The molecule has 3 heteroatoms. The van der Waals surface area contributed by atoms with E-state index in [9.17, 15) is 0 Å². The van der Waals surface area contributed by atoms with Crippen molar-refractivity contribution >= 4 is 57.2 Å². The van der Waals surface area contributed by atoms with E-state index in [4.69, 9.17) is 0 Å². The molecule has 9 aromatic rings. The largest absolute Gasteiger partial charge is 0.311 e. The molecule has 0 radical (unpaired) electrons. The standard InChI is InChI=1S/C54H37BN2/c1-5-15-38(16-6-1)40-27-29-41(30-28-40)43-31-33-51-53(36-43)57(46-24-13-19-42(35-46)39-17-7-2-8-18-39)52-26-14-25-48-49-37-47(32-34-50(49)55(51)54(48)52)56(44-20-9-3-10-21-44)45-22-11-4-12-23-45/h1-37H. The lowest BCUT2D eigenvalue weighted by atomic mass is 9.37. The van der Waals surface area contributed by atoms with Gasteiger partial charge in [0, 0.05) is 34.1 Å². The van der Waals surface area contributed by atoms with Gasteiger partial charge in [0.05, 0.1) is 0 Å². The van der Waals surface area contributed by atoms with E-state index >= 15 is 0 Å².